The number of carbonyl (C=O) groups is 1. The van der Waals surface area contributed by atoms with Crippen molar-refractivity contribution in [2.24, 2.45) is 0 Å². The second kappa shape index (κ2) is 9.09. The van der Waals surface area contributed by atoms with Gasteiger partial charge in [-0.3, -0.25) is 4.79 Å². The number of aliphatic hydroxyl groups excluding tert-OH is 1. The van der Waals surface area contributed by atoms with Gasteiger partial charge in [0, 0.05) is 5.56 Å². The van der Waals surface area contributed by atoms with Gasteiger partial charge >= 0.3 is 12.7 Å². The summed E-state index contributed by atoms with van der Waals surface area (Å²) < 4.78 is 77.3. The Hall–Kier alpha value is -2.75. The number of halogens is 6. The Morgan fingerprint density at radius 1 is 0.846 bits per heavy atom. The molecule has 0 heterocycles. The molecular weight excluding hydrogens is 370 g/mol. The number of rotatable bonds is 4. The molecule has 4 nitrogen and oxygen atoms in total. The molecule has 0 aromatic heterocycles. The van der Waals surface area contributed by atoms with E-state index in [2.05, 4.69) is 9.47 Å². The van der Waals surface area contributed by atoms with Gasteiger partial charge in [-0.25, -0.2) is 0 Å². The first-order chi connectivity index (χ1) is 12.0. The molecule has 2 aromatic rings. The molecule has 0 saturated heterocycles. The molecule has 142 valence electrons. The van der Waals surface area contributed by atoms with E-state index in [0.717, 1.165) is 18.2 Å². The monoisotopic (exact) mass is 382 g/mol. The normalized spacial score (nSPS) is 11.2. The molecule has 0 aliphatic heterocycles. The van der Waals surface area contributed by atoms with Gasteiger partial charge in [0.15, 0.2) is 0 Å². The number of hydrogen-bond acceptors (Lipinski definition) is 4. The van der Waals surface area contributed by atoms with Crippen LogP contribution < -0.4 is 9.47 Å². The number of hydrogen-bond donors (Lipinski definition) is 1. The summed E-state index contributed by atoms with van der Waals surface area (Å²) in [6, 6.07) is 10.0. The highest BCUT2D eigenvalue weighted by Crippen LogP contribution is 2.23. The van der Waals surface area contributed by atoms with Gasteiger partial charge in [0.1, 0.15) is 17.8 Å². The van der Waals surface area contributed by atoms with Crippen LogP contribution in [-0.2, 0) is 6.61 Å². The van der Waals surface area contributed by atoms with Gasteiger partial charge in [0.2, 0.25) is 0 Å². The van der Waals surface area contributed by atoms with Crippen LogP contribution in [0.4, 0.5) is 26.3 Å². The topological polar surface area (TPSA) is 55.8 Å². The summed E-state index contributed by atoms with van der Waals surface area (Å²) in [6.45, 7) is -0.310. The molecular formula is C16H12F6O4. The quantitative estimate of drug-likeness (QED) is 0.626. The maximum atomic E-state index is 11.7. The van der Waals surface area contributed by atoms with E-state index in [0.29, 0.717) is 11.8 Å². The van der Waals surface area contributed by atoms with Crippen molar-refractivity contribution >= 4 is 6.29 Å². The third kappa shape index (κ3) is 8.92. The molecule has 0 atom stereocenters. The third-order valence-corrected chi connectivity index (χ3v) is 2.54. The smallest absolute Gasteiger partial charge is 0.406 e. The fourth-order valence-corrected chi connectivity index (χ4v) is 1.63. The van der Waals surface area contributed by atoms with Gasteiger partial charge in [-0.15, -0.1) is 26.3 Å². The molecule has 0 unspecified atom stereocenters. The number of benzene rings is 2. The van der Waals surface area contributed by atoms with Crippen molar-refractivity contribution in [3.05, 3.63) is 59.7 Å². The van der Waals surface area contributed by atoms with Crippen molar-refractivity contribution in [3.63, 3.8) is 0 Å². The van der Waals surface area contributed by atoms with Crippen LogP contribution in [-0.4, -0.2) is 24.1 Å². The lowest BCUT2D eigenvalue weighted by Gasteiger charge is -2.08. The molecule has 0 aliphatic carbocycles. The molecule has 1 N–H and O–H groups in total. The van der Waals surface area contributed by atoms with Crippen molar-refractivity contribution in [2.75, 3.05) is 0 Å². The van der Waals surface area contributed by atoms with Crippen LogP contribution in [0.15, 0.2) is 48.5 Å². The molecule has 26 heavy (non-hydrogen) atoms. The lowest BCUT2D eigenvalue weighted by Crippen LogP contribution is -2.17. The minimum absolute atomic E-state index is 0.141. The van der Waals surface area contributed by atoms with E-state index in [9.17, 15) is 31.1 Å². The molecule has 0 spiro atoms. The van der Waals surface area contributed by atoms with Crippen LogP contribution in [0.25, 0.3) is 0 Å². The zero-order chi connectivity index (χ0) is 19.8. The Balaban J connectivity index is 0.000000260. The van der Waals surface area contributed by atoms with E-state index < -0.39 is 18.5 Å². The summed E-state index contributed by atoms with van der Waals surface area (Å²) >= 11 is 0. The van der Waals surface area contributed by atoms with E-state index in [-0.39, 0.29) is 17.9 Å². The minimum atomic E-state index is -4.72. The Kier molecular flexibility index (Phi) is 7.44. The van der Waals surface area contributed by atoms with Crippen molar-refractivity contribution in [1.82, 2.24) is 0 Å². The van der Waals surface area contributed by atoms with Gasteiger partial charge < -0.3 is 14.6 Å². The molecule has 0 fully saturated rings. The van der Waals surface area contributed by atoms with Gasteiger partial charge in [-0.1, -0.05) is 24.3 Å². The summed E-state index contributed by atoms with van der Waals surface area (Å²) in [6.07, 6.45) is -8.96. The second-order valence-electron chi connectivity index (χ2n) is 4.59. The van der Waals surface area contributed by atoms with Crippen molar-refractivity contribution < 1.29 is 45.7 Å². The number of aliphatic hydroxyl groups is 1. The summed E-state index contributed by atoms with van der Waals surface area (Å²) in [5.74, 6) is -0.712. The standard InChI is InChI=1S/C8H7F3O2.C8H5F3O2/c2*9-8(10,11)13-7-3-1-2-6(4-7)5-12/h1-4,12H,5H2;1-5H. The first kappa shape index (κ1) is 21.3. The van der Waals surface area contributed by atoms with Crippen molar-refractivity contribution in [3.8, 4) is 11.5 Å². The second-order valence-corrected chi connectivity index (χ2v) is 4.59. The predicted molar refractivity (Wildman–Crippen MR) is 77.6 cm³/mol. The highest BCUT2D eigenvalue weighted by Gasteiger charge is 2.31. The maximum Gasteiger partial charge on any atom is 0.573 e. The predicted octanol–water partition coefficient (Wildman–Crippen LogP) is 4.48. The molecule has 2 rings (SSSR count). The lowest BCUT2D eigenvalue weighted by molar-refractivity contribution is -0.275. The molecule has 0 bridgehead atoms. The van der Waals surface area contributed by atoms with Crippen LogP contribution in [0.1, 0.15) is 15.9 Å². The van der Waals surface area contributed by atoms with Crippen molar-refractivity contribution in [1.29, 1.82) is 0 Å². The van der Waals surface area contributed by atoms with E-state index >= 15 is 0 Å². The number of carbonyl (C=O) groups excluding carboxylic acids is 1. The van der Waals surface area contributed by atoms with Crippen LogP contribution >= 0.6 is 0 Å². The van der Waals surface area contributed by atoms with Gasteiger partial charge in [0.25, 0.3) is 0 Å². The highest BCUT2D eigenvalue weighted by atomic mass is 19.4. The Bertz CT molecular complexity index is 712. The zero-order valence-corrected chi connectivity index (χ0v) is 12.8. The van der Waals surface area contributed by atoms with Crippen molar-refractivity contribution in [2.45, 2.75) is 19.3 Å². The van der Waals surface area contributed by atoms with E-state index in [1.165, 1.54) is 30.3 Å². The first-order valence-corrected chi connectivity index (χ1v) is 6.79. The number of aldehydes is 1. The number of alkyl halides is 6. The molecule has 0 radical (unpaired) electrons. The first-order valence-electron chi connectivity index (χ1n) is 6.79. The third-order valence-electron chi connectivity index (χ3n) is 2.54. The lowest BCUT2D eigenvalue weighted by atomic mass is 10.2. The van der Waals surface area contributed by atoms with E-state index in [1.807, 2.05) is 0 Å². The fraction of sp³-hybridized carbons (Fsp3) is 0.188. The Morgan fingerprint density at radius 3 is 1.81 bits per heavy atom. The maximum absolute atomic E-state index is 11.7. The van der Waals surface area contributed by atoms with Crippen LogP contribution in [0.5, 0.6) is 11.5 Å². The molecule has 0 aliphatic rings. The van der Waals surface area contributed by atoms with Crippen LogP contribution in [0, 0.1) is 0 Å². The van der Waals surface area contributed by atoms with Crippen LogP contribution in [0.3, 0.4) is 0 Å². The molecule has 0 amide bonds. The number of ether oxygens (including phenoxy) is 2. The van der Waals surface area contributed by atoms with Crippen LogP contribution in [0.2, 0.25) is 0 Å². The van der Waals surface area contributed by atoms with E-state index in [1.54, 1.807) is 0 Å². The van der Waals surface area contributed by atoms with Gasteiger partial charge in [-0.05, 0) is 29.8 Å². The summed E-state index contributed by atoms with van der Waals surface area (Å²) in [5.41, 5.74) is 0.517. The average Bonchev–Trinajstić information content (AvgIpc) is 2.52. The SMILES string of the molecule is O=Cc1cccc(OC(F)(F)F)c1.OCc1cccc(OC(F)(F)F)c1. The molecule has 0 saturated carbocycles. The van der Waals surface area contributed by atoms with Gasteiger partial charge in [-0.2, -0.15) is 0 Å². The Labute approximate surface area is 143 Å². The molecule has 2 aromatic carbocycles. The zero-order valence-electron chi connectivity index (χ0n) is 12.8. The fourth-order valence-electron chi connectivity index (χ4n) is 1.63. The largest absolute Gasteiger partial charge is 0.573 e. The molecule has 10 heteroatoms. The summed E-state index contributed by atoms with van der Waals surface area (Å²) in [7, 11) is 0. The Morgan fingerprint density at radius 2 is 1.35 bits per heavy atom. The highest BCUT2D eigenvalue weighted by molar-refractivity contribution is 5.75. The minimum Gasteiger partial charge on any atom is -0.406 e. The summed E-state index contributed by atoms with van der Waals surface area (Å²) in [5, 5.41) is 8.62. The van der Waals surface area contributed by atoms with E-state index in [4.69, 9.17) is 5.11 Å². The average molecular weight is 382 g/mol. The summed E-state index contributed by atoms with van der Waals surface area (Å²) in [4.78, 5) is 10.2. The van der Waals surface area contributed by atoms with Gasteiger partial charge in [0.05, 0.1) is 6.61 Å².